The van der Waals surface area contributed by atoms with Crippen molar-refractivity contribution in [3.05, 3.63) is 29.3 Å². The zero-order valence-electron chi connectivity index (χ0n) is 18.6. The van der Waals surface area contributed by atoms with E-state index < -0.39 is 21.9 Å². The second-order valence-electron chi connectivity index (χ2n) is 8.46. The van der Waals surface area contributed by atoms with Crippen LogP contribution in [0, 0.1) is 19.8 Å². The normalized spacial score (nSPS) is 17.1. The maximum absolute atomic E-state index is 13.0. The molecule has 1 heterocycles. The summed E-state index contributed by atoms with van der Waals surface area (Å²) in [4.78, 5) is 37.8. The number of benzene rings is 1. The molecule has 1 aliphatic heterocycles. The highest BCUT2D eigenvalue weighted by Crippen LogP contribution is 2.28. The van der Waals surface area contributed by atoms with Crippen LogP contribution in [0.5, 0.6) is 0 Å². The number of sulfonamides is 1. The van der Waals surface area contributed by atoms with Gasteiger partial charge in [0.05, 0.1) is 11.5 Å². The van der Waals surface area contributed by atoms with Gasteiger partial charge in [-0.25, -0.2) is 8.42 Å². The molecular formula is C22H31N3O6S. The van der Waals surface area contributed by atoms with E-state index in [9.17, 15) is 22.8 Å². The summed E-state index contributed by atoms with van der Waals surface area (Å²) in [6, 6.07) is 5.33. The molecule has 10 heteroatoms. The molecule has 1 aromatic rings. The quantitative estimate of drug-likeness (QED) is 0.544. The number of piperazine rings is 1. The van der Waals surface area contributed by atoms with Crippen molar-refractivity contribution in [2.45, 2.75) is 44.4 Å². The van der Waals surface area contributed by atoms with Gasteiger partial charge in [-0.15, -0.1) is 0 Å². The summed E-state index contributed by atoms with van der Waals surface area (Å²) in [6.45, 7) is 4.79. The van der Waals surface area contributed by atoms with Crippen molar-refractivity contribution in [3.63, 3.8) is 0 Å². The number of carbonyl (C=O) groups excluding carboxylic acids is 3. The molecule has 0 spiro atoms. The third-order valence-electron chi connectivity index (χ3n) is 5.73. The van der Waals surface area contributed by atoms with Crippen LogP contribution in [0.25, 0.3) is 0 Å². The molecule has 1 aromatic carbocycles. The van der Waals surface area contributed by atoms with E-state index in [0.29, 0.717) is 23.0 Å². The van der Waals surface area contributed by atoms with Gasteiger partial charge in [0.1, 0.15) is 6.54 Å². The van der Waals surface area contributed by atoms with Gasteiger partial charge in [-0.3, -0.25) is 14.4 Å². The fourth-order valence-corrected chi connectivity index (χ4v) is 5.22. The lowest BCUT2D eigenvalue weighted by atomic mass is 10.2. The van der Waals surface area contributed by atoms with Crippen molar-refractivity contribution < 1.29 is 27.5 Å². The van der Waals surface area contributed by atoms with Gasteiger partial charge in [-0.1, -0.05) is 12.1 Å². The second-order valence-corrected chi connectivity index (χ2v) is 10.4. The molecular weight excluding hydrogens is 434 g/mol. The summed E-state index contributed by atoms with van der Waals surface area (Å²) in [6.07, 6.45) is 2.13. The predicted molar refractivity (Wildman–Crippen MR) is 117 cm³/mol. The van der Waals surface area contributed by atoms with Crippen LogP contribution in [0.15, 0.2) is 23.1 Å². The Morgan fingerprint density at radius 1 is 1.06 bits per heavy atom. The molecule has 3 rings (SSSR count). The fraction of sp³-hybridized carbons (Fsp3) is 0.591. The number of nitrogens with one attached hydrogen (secondary N) is 1. The summed E-state index contributed by atoms with van der Waals surface area (Å²) in [5.41, 5.74) is 1.56. The van der Waals surface area contributed by atoms with Crippen LogP contribution in [0.4, 0.5) is 0 Å². The zero-order valence-corrected chi connectivity index (χ0v) is 19.4. The van der Waals surface area contributed by atoms with E-state index in [4.69, 9.17) is 4.74 Å². The SMILES string of the molecule is Cc1ccc(C)c(S(=O)(=O)N2CCN(C(=O)CCC(=O)NCC(=O)OCC3CC3)CC2)c1. The van der Waals surface area contributed by atoms with Crippen LogP contribution >= 0.6 is 0 Å². The molecule has 1 saturated carbocycles. The highest BCUT2D eigenvalue weighted by molar-refractivity contribution is 7.89. The van der Waals surface area contributed by atoms with Crippen molar-refractivity contribution in [1.82, 2.24) is 14.5 Å². The van der Waals surface area contributed by atoms with E-state index in [1.807, 2.05) is 13.0 Å². The number of esters is 1. The fourth-order valence-electron chi connectivity index (χ4n) is 3.49. The van der Waals surface area contributed by atoms with Crippen molar-refractivity contribution >= 4 is 27.8 Å². The van der Waals surface area contributed by atoms with Gasteiger partial charge in [0.15, 0.2) is 0 Å². The van der Waals surface area contributed by atoms with Gasteiger partial charge in [0.25, 0.3) is 0 Å². The summed E-state index contributed by atoms with van der Waals surface area (Å²) in [7, 11) is -3.62. The Bertz CT molecular complexity index is 966. The smallest absolute Gasteiger partial charge is 0.325 e. The number of rotatable bonds is 9. The van der Waals surface area contributed by atoms with Crippen molar-refractivity contribution in [2.24, 2.45) is 5.92 Å². The Kier molecular flexibility index (Phi) is 7.89. The Balaban J connectivity index is 1.40. The molecule has 0 bridgehead atoms. The first-order valence-electron chi connectivity index (χ1n) is 10.9. The first kappa shape index (κ1) is 24.2. The number of aryl methyl sites for hydroxylation is 2. The number of carbonyl (C=O) groups is 3. The lowest BCUT2D eigenvalue weighted by Gasteiger charge is -2.34. The van der Waals surface area contributed by atoms with Gasteiger partial charge >= 0.3 is 5.97 Å². The Morgan fingerprint density at radius 3 is 2.41 bits per heavy atom. The van der Waals surface area contributed by atoms with Crippen LogP contribution in [0.2, 0.25) is 0 Å². The number of nitrogens with zero attached hydrogens (tertiary/aromatic N) is 2. The highest BCUT2D eigenvalue weighted by atomic mass is 32.2. The lowest BCUT2D eigenvalue weighted by Crippen LogP contribution is -2.50. The third kappa shape index (κ3) is 6.52. The summed E-state index contributed by atoms with van der Waals surface area (Å²) in [5, 5.41) is 2.47. The van der Waals surface area contributed by atoms with E-state index in [1.165, 1.54) is 4.31 Å². The maximum atomic E-state index is 13.0. The molecule has 0 aromatic heterocycles. The molecule has 32 heavy (non-hydrogen) atoms. The molecule has 0 atom stereocenters. The van der Waals surface area contributed by atoms with Crippen molar-refractivity contribution in [3.8, 4) is 0 Å². The summed E-state index contributed by atoms with van der Waals surface area (Å²) < 4.78 is 32.4. The Labute approximate surface area is 189 Å². The number of ether oxygens (including phenoxy) is 1. The average Bonchev–Trinajstić information content (AvgIpc) is 3.60. The van der Waals surface area contributed by atoms with E-state index >= 15 is 0 Å². The first-order valence-corrected chi connectivity index (χ1v) is 12.4. The molecule has 2 aliphatic rings. The molecule has 2 fully saturated rings. The molecule has 1 saturated heterocycles. The molecule has 0 unspecified atom stereocenters. The molecule has 9 nitrogen and oxygen atoms in total. The van der Waals surface area contributed by atoms with E-state index in [2.05, 4.69) is 5.32 Å². The van der Waals surface area contributed by atoms with Gasteiger partial charge in [-0.2, -0.15) is 4.31 Å². The topological polar surface area (TPSA) is 113 Å². The minimum Gasteiger partial charge on any atom is -0.464 e. The molecule has 176 valence electrons. The van der Waals surface area contributed by atoms with Crippen LogP contribution in [-0.2, 0) is 29.1 Å². The van der Waals surface area contributed by atoms with Crippen molar-refractivity contribution in [1.29, 1.82) is 0 Å². The zero-order chi connectivity index (χ0) is 23.3. The molecule has 1 N–H and O–H groups in total. The number of hydrogen-bond acceptors (Lipinski definition) is 6. The monoisotopic (exact) mass is 465 g/mol. The first-order chi connectivity index (χ1) is 15.2. The van der Waals surface area contributed by atoms with Crippen LogP contribution in [0.3, 0.4) is 0 Å². The predicted octanol–water partition coefficient (Wildman–Crippen LogP) is 0.986. The van der Waals surface area contributed by atoms with Crippen LogP contribution in [-0.4, -0.2) is 74.7 Å². The van der Waals surface area contributed by atoms with Crippen molar-refractivity contribution in [2.75, 3.05) is 39.3 Å². The molecule has 1 aliphatic carbocycles. The van der Waals surface area contributed by atoms with Gasteiger partial charge in [0.2, 0.25) is 21.8 Å². The summed E-state index contributed by atoms with van der Waals surface area (Å²) in [5.74, 6) is -0.612. The Morgan fingerprint density at radius 2 is 1.75 bits per heavy atom. The van der Waals surface area contributed by atoms with E-state index in [0.717, 1.165) is 18.4 Å². The molecule has 0 radical (unpaired) electrons. The van der Waals surface area contributed by atoms with E-state index in [-0.39, 0.29) is 51.5 Å². The number of hydrogen-bond donors (Lipinski definition) is 1. The highest BCUT2D eigenvalue weighted by Gasteiger charge is 2.31. The van der Waals surface area contributed by atoms with Gasteiger partial charge in [0, 0.05) is 39.0 Å². The van der Waals surface area contributed by atoms with Crippen LogP contribution in [0.1, 0.15) is 36.8 Å². The molecule has 2 amide bonds. The van der Waals surface area contributed by atoms with Crippen LogP contribution < -0.4 is 5.32 Å². The third-order valence-corrected chi connectivity index (χ3v) is 7.77. The average molecular weight is 466 g/mol. The standard InChI is InChI=1S/C22H31N3O6S/c1-16-3-4-17(2)19(13-16)32(29,30)25-11-9-24(10-12-25)21(27)8-7-20(26)23-14-22(28)31-15-18-5-6-18/h3-4,13,18H,5-12,14-15H2,1-2H3,(H,23,26). The van der Waals surface area contributed by atoms with E-state index in [1.54, 1.807) is 24.0 Å². The maximum Gasteiger partial charge on any atom is 0.325 e. The summed E-state index contributed by atoms with van der Waals surface area (Å²) >= 11 is 0. The lowest BCUT2D eigenvalue weighted by molar-refractivity contribution is -0.144. The number of amides is 2. The minimum atomic E-state index is -3.62. The largest absolute Gasteiger partial charge is 0.464 e. The minimum absolute atomic E-state index is 0.00664. The van der Waals surface area contributed by atoms with Gasteiger partial charge < -0.3 is 15.0 Å². The Hall–Kier alpha value is -2.46. The second kappa shape index (κ2) is 10.4. The van der Waals surface area contributed by atoms with Gasteiger partial charge in [-0.05, 0) is 49.8 Å².